The Kier molecular flexibility index (Phi) is 5.25. The maximum atomic E-state index is 11.9. The van der Waals surface area contributed by atoms with Gasteiger partial charge in [-0.2, -0.15) is 0 Å². The topological polar surface area (TPSA) is 136 Å². The predicted molar refractivity (Wildman–Crippen MR) is 70.2 cm³/mol. The average Bonchev–Trinajstić information content (AvgIpc) is 2.56. The van der Waals surface area contributed by atoms with Crippen LogP contribution in [-0.2, 0) is 14.4 Å². The molecule has 1 heterocycles. The lowest BCUT2D eigenvalue weighted by molar-refractivity contribution is -0.142. The minimum Gasteiger partial charge on any atom is -0.480 e. The molecule has 0 saturated carbocycles. The van der Waals surface area contributed by atoms with Crippen molar-refractivity contribution in [3.05, 3.63) is 0 Å². The number of carboxylic acid groups (broad SMARTS) is 1. The lowest BCUT2D eigenvalue weighted by Crippen LogP contribution is -2.43. The smallest absolute Gasteiger partial charge is 0.326 e. The predicted octanol–water partition coefficient (Wildman–Crippen LogP) is -1.34. The highest BCUT2D eigenvalue weighted by Crippen LogP contribution is 2.16. The van der Waals surface area contributed by atoms with Gasteiger partial charge < -0.3 is 20.8 Å². The summed E-state index contributed by atoms with van der Waals surface area (Å²) in [6.07, 6.45) is -0.318. The molecule has 1 atom stereocenters. The Morgan fingerprint density at radius 2 is 2.00 bits per heavy atom. The fourth-order valence-corrected chi connectivity index (χ4v) is 1.89. The number of carbonyl (C=O) groups is 4. The lowest BCUT2D eigenvalue weighted by Gasteiger charge is -2.17. The van der Waals surface area contributed by atoms with Gasteiger partial charge >= 0.3 is 12.0 Å². The number of aliphatic hydroxyl groups excluding tert-OH is 1. The summed E-state index contributed by atoms with van der Waals surface area (Å²) >= 11 is 0. The molecule has 4 N–H and O–H groups in total. The van der Waals surface area contributed by atoms with Crippen LogP contribution in [0.25, 0.3) is 0 Å². The molecule has 0 aromatic rings. The van der Waals surface area contributed by atoms with Crippen molar-refractivity contribution in [2.45, 2.75) is 38.3 Å². The van der Waals surface area contributed by atoms with E-state index in [1.54, 1.807) is 13.8 Å². The Balaban J connectivity index is 2.52. The molecular formula is C12H19N3O6. The van der Waals surface area contributed by atoms with Crippen molar-refractivity contribution in [3.63, 3.8) is 0 Å². The highest BCUT2D eigenvalue weighted by Gasteiger charge is 2.44. The molecule has 0 unspecified atom stereocenters. The molecule has 0 aromatic carbocycles. The van der Waals surface area contributed by atoms with Crippen LogP contribution in [0, 0.1) is 0 Å². The maximum Gasteiger partial charge on any atom is 0.326 e. The Morgan fingerprint density at radius 3 is 2.43 bits per heavy atom. The van der Waals surface area contributed by atoms with E-state index < -0.39 is 35.4 Å². The number of nitrogens with one attached hydrogen (secondary N) is 2. The van der Waals surface area contributed by atoms with E-state index in [2.05, 4.69) is 10.6 Å². The maximum absolute atomic E-state index is 11.9. The fraction of sp³-hybridized carbons (Fsp3) is 0.667. The molecule has 0 bridgehead atoms. The SMILES string of the molecule is CC1(C)NC(=O)N(CCC(=O)N[C@H](CCO)C(=O)O)C1=O. The largest absolute Gasteiger partial charge is 0.480 e. The number of imide groups is 1. The summed E-state index contributed by atoms with van der Waals surface area (Å²) in [7, 11) is 0. The van der Waals surface area contributed by atoms with Gasteiger partial charge in [0.15, 0.2) is 0 Å². The minimum atomic E-state index is -1.26. The molecule has 0 spiro atoms. The van der Waals surface area contributed by atoms with E-state index in [-0.39, 0.29) is 26.0 Å². The second kappa shape index (κ2) is 6.53. The molecule has 1 rings (SSSR count). The summed E-state index contributed by atoms with van der Waals surface area (Å²) < 4.78 is 0. The van der Waals surface area contributed by atoms with Crippen molar-refractivity contribution in [1.29, 1.82) is 0 Å². The number of aliphatic hydroxyl groups is 1. The molecule has 9 heteroatoms. The van der Waals surface area contributed by atoms with Crippen molar-refractivity contribution in [3.8, 4) is 0 Å². The molecule has 1 aliphatic heterocycles. The summed E-state index contributed by atoms with van der Waals surface area (Å²) in [5.74, 6) is -2.31. The summed E-state index contributed by atoms with van der Waals surface area (Å²) in [5, 5.41) is 22.2. The molecule has 1 fully saturated rings. The third-order valence-corrected chi connectivity index (χ3v) is 3.06. The number of urea groups is 1. The van der Waals surface area contributed by atoms with Gasteiger partial charge in [-0.05, 0) is 13.8 Å². The highest BCUT2D eigenvalue weighted by atomic mass is 16.4. The molecule has 0 aliphatic carbocycles. The molecule has 0 aromatic heterocycles. The van der Waals surface area contributed by atoms with Gasteiger partial charge in [0.25, 0.3) is 5.91 Å². The molecule has 118 valence electrons. The van der Waals surface area contributed by atoms with Crippen LogP contribution in [0.1, 0.15) is 26.7 Å². The summed E-state index contributed by atoms with van der Waals surface area (Å²) in [6, 6.07) is -1.77. The Hall–Kier alpha value is -2.16. The van der Waals surface area contributed by atoms with Gasteiger partial charge in [0, 0.05) is 26.0 Å². The monoisotopic (exact) mass is 301 g/mol. The van der Waals surface area contributed by atoms with Crippen molar-refractivity contribution in [1.82, 2.24) is 15.5 Å². The zero-order valence-electron chi connectivity index (χ0n) is 11.9. The molecule has 21 heavy (non-hydrogen) atoms. The Morgan fingerprint density at radius 1 is 1.38 bits per heavy atom. The van der Waals surface area contributed by atoms with E-state index in [9.17, 15) is 19.2 Å². The van der Waals surface area contributed by atoms with E-state index in [0.29, 0.717) is 0 Å². The van der Waals surface area contributed by atoms with E-state index in [0.717, 1.165) is 4.90 Å². The first-order chi connectivity index (χ1) is 9.69. The van der Waals surface area contributed by atoms with Gasteiger partial charge in [-0.25, -0.2) is 9.59 Å². The normalized spacial score (nSPS) is 18.3. The molecular weight excluding hydrogens is 282 g/mol. The van der Waals surface area contributed by atoms with Crippen LogP contribution in [0.2, 0.25) is 0 Å². The van der Waals surface area contributed by atoms with Crippen molar-refractivity contribution in [2.24, 2.45) is 0 Å². The van der Waals surface area contributed by atoms with Gasteiger partial charge in [-0.3, -0.25) is 14.5 Å². The van der Waals surface area contributed by atoms with Gasteiger partial charge in [0.1, 0.15) is 11.6 Å². The zero-order valence-corrected chi connectivity index (χ0v) is 11.9. The first-order valence-electron chi connectivity index (χ1n) is 6.46. The molecule has 9 nitrogen and oxygen atoms in total. The zero-order chi connectivity index (χ0) is 16.2. The standard InChI is InChI=1S/C12H19N3O6/c1-12(2)10(20)15(11(21)14-12)5-3-8(17)13-7(4-6-16)9(18)19/h7,16H,3-6H2,1-2H3,(H,13,17)(H,14,21)(H,18,19)/t7-/m1/s1. The lowest BCUT2D eigenvalue weighted by atomic mass is 10.1. The van der Waals surface area contributed by atoms with Crippen LogP contribution in [0.3, 0.4) is 0 Å². The van der Waals surface area contributed by atoms with E-state index in [4.69, 9.17) is 10.2 Å². The third-order valence-electron chi connectivity index (χ3n) is 3.06. The number of nitrogens with zero attached hydrogens (tertiary/aromatic N) is 1. The summed E-state index contributed by atoms with van der Waals surface area (Å²) in [4.78, 5) is 46.8. The van der Waals surface area contributed by atoms with Crippen molar-refractivity contribution >= 4 is 23.8 Å². The van der Waals surface area contributed by atoms with Gasteiger partial charge in [0.2, 0.25) is 5.91 Å². The quantitative estimate of drug-likeness (QED) is 0.430. The number of amides is 4. The second-order valence-electron chi connectivity index (χ2n) is 5.23. The number of carbonyl (C=O) groups excluding carboxylic acids is 3. The molecule has 4 amide bonds. The van der Waals surface area contributed by atoms with Crippen LogP contribution in [0.4, 0.5) is 4.79 Å². The average molecular weight is 301 g/mol. The molecule has 0 radical (unpaired) electrons. The first-order valence-corrected chi connectivity index (χ1v) is 6.46. The summed E-state index contributed by atoms with van der Waals surface area (Å²) in [5.41, 5.74) is -1.01. The highest BCUT2D eigenvalue weighted by molar-refractivity contribution is 6.06. The van der Waals surface area contributed by atoms with Crippen LogP contribution in [0.5, 0.6) is 0 Å². The van der Waals surface area contributed by atoms with Crippen LogP contribution >= 0.6 is 0 Å². The van der Waals surface area contributed by atoms with Crippen LogP contribution < -0.4 is 10.6 Å². The van der Waals surface area contributed by atoms with E-state index in [1.807, 2.05) is 0 Å². The van der Waals surface area contributed by atoms with Gasteiger partial charge in [-0.15, -0.1) is 0 Å². The number of hydrogen-bond donors (Lipinski definition) is 4. The fourth-order valence-electron chi connectivity index (χ4n) is 1.89. The van der Waals surface area contributed by atoms with E-state index in [1.165, 1.54) is 0 Å². The molecule has 1 saturated heterocycles. The van der Waals surface area contributed by atoms with E-state index >= 15 is 0 Å². The van der Waals surface area contributed by atoms with Crippen LogP contribution in [0.15, 0.2) is 0 Å². The van der Waals surface area contributed by atoms with Gasteiger partial charge in [-0.1, -0.05) is 0 Å². The Labute approximate surface area is 121 Å². The van der Waals surface area contributed by atoms with Crippen LogP contribution in [-0.4, -0.2) is 63.7 Å². The molecule has 1 aliphatic rings. The number of carboxylic acids is 1. The van der Waals surface area contributed by atoms with Gasteiger partial charge in [0.05, 0.1) is 0 Å². The first kappa shape index (κ1) is 16.9. The Bertz CT molecular complexity index is 462. The summed E-state index contributed by atoms with van der Waals surface area (Å²) in [6.45, 7) is 2.59. The van der Waals surface area contributed by atoms with Crippen molar-refractivity contribution in [2.75, 3.05) is 13.2 Å². The number of aliphatic carboxylic acids is 1. The number of rotatable bonds is 7. The second-order valence-corrected chi connectivity index (χ2v) is 5.23. The number of hydrogen-bond acceptors (Lipinski definition) is 5. The van der Waals surface area contributed by atoms with Crippen molar-refractivity contribution < 1.29 is 29.4 Å². The third kappa shape index (κ3) is 4.15. The minimum absolute atomic E-state index is 0.114.